The molecule has 3 nitrogen and oxygen atoms in total. The molecule has 0 saturated carbocycles. The Labute approximate surface area is 76.7 Å². The third kappa shape index (κ3) is 6.16. The zero-order chi connectivity index (χ0) is 9.56. The second kappa shape index (κ2) is 6.00. The van der Waals surface area contributed by atoms with E-state index in [1.165, 1.54) is 6.92 Å². The van der Waals surface area contributed by atoms with E-state index in [-0.39, 0.29) is 5.78 Å². The van der Waals surface area contributed by atoms with Crippen LogP contribution in [0.15, 0.2) is 0 Å². The lowest BCUT2D eigenvalue weighted by Crippen LogP contribution is -2.12. The monoisotopic (exact) mass is 192 g/mol. The van der Waals surface area contributed by atoms with Crippen molar-refractivity contribution in [2.75, 3.05) is 0 Å². The van der Waals surface area contributed by atoms with Crippen molar-refractivity contribution in [2.24, 2.45) is 0 Å². The van der Waals surface area contributed by atoms with E-state index in [1.807, 2.05) is 0 Å². The van der Waals surface area contributed by atoms with Gasteiger partial charge in [-0.05, 0) is 19.8 Å². The van der Waals surface area contributed by atoms with Gasteiger partial charge >= 0.3 is 5.97 Å². The van der Waals surface area contributed by atoms with Crippen molar-refractivity contribution in [3.05, 3.63) is 0 Å². The lowest BCUT2D eigenvalue weighted by molar-refractivity contribution is -0.136. The first-order chi connectivity index (χ1) is 5.54. The summed E-state index contributed by atoms with van der Waals surface area (Å²) in [7, 11) is 0. The number of hydrogen-bond donors (Lipinski definition) is 1. The zero-order valence-corrected chi connectivity index (χ0v) is 7.80. The minimum Gasteiger partial charge on any atom is -0.480 e. The van der Waals surface area contributed by atoms with Crippen molar-refractivity contribution in [2.45, 2.75) is 38.0 Å². The first-order valence-corrected chi connectivity index (χ1v) is 4.34. The molecule has 0 aliphatic heterocycles. The van der Waals surface area contributed by atoms with Crippen LogP contribution in [0.25, 0.3) is 0 Å². The fraction of sp³-hybridized carbons (Fsp3) is 0.750. The molecule has 0 rings (SSSR count). The molecule has 1 unspecified atom stereocenters. The predicted molar refractivity (Wildman–Crippen MR) is 46.4 cm³/mol. The number of rotatable bonds is 6. The van der Waals surface area contributed by atoms with Crippen molar-refractivity contribution >= 4 is 23.4 Å². The summed E-state index contributed by atoms with van der Waals surface area (Å²) >= 11 is 5.45. The molecule has 70 valence electrons. The van der Waals surface area contributed by atoms with E-state index in [9.17, 15) is 9.59 Å². The summed E-state index contributed by atoms with van der Waals surface area (Å²) in [5.41, 5.74) is 0. The predicted octanol–water partition coefficient (Wildman–Crippen LogP) is 1.83. The number of halogens is 1. The van der Waals surface area contributed by atoms with Crippen LogP contribution in [0, 0.1) is 0 Å². The van der Waals surface area contributed by atoms with Crippen LogP contribution in [0.4, 0.5) is 0 Å². The van der Waals surface area contributed by atoms with E-state index >= 15 is 0 Å². The minimum atomic E-state index is -0.987. The molecule has 0 aliphatic rings. The van der Waals surface area contributed by atoms with Gasteiger partial charge in [0.1, 0.15) is 11.2 Å². The number of unbranched alkanes of at least 4 members (excludes halogenated alkanes) is 1. The summed E-state index contributed by atoms with van der Waals surface area (Å²) in [5.74, 6) is -0.851. The highest BCUT2D eigenvalue weighted by Gasteiger charge is 2.12. The van der Waals surface area contributed by atoms with Gasteiger partial charge in [0.2, 0.25) is 0 Å². The molecular weight excluding hydrogens is 180 g/mol. The quantitative estimate of drug-likeness (QED) is 0.516. The van der Waals surface area contributed by atoms with Gasteiger partial charge < -0.3 is 9.90 Å². The van der Waals surface area contributed by atoms with E-state index in [2.05, 4.69) is 0 Å². The summed E-state index contributed by atoms with van der Waals surface area (Å²) < 4.78 is 0. The molecule has 0 aromatic carbocycles. The Balaban J connectivity index is 3.31. The van der Waals surface area contributed by atoms with Gasteiger partial charge in [-0.2, -0.15) is 0 Å². The van der Waals surface area contributed by atoms with Crippen molar-refractivity contribution < 1.29 is 14.7 Å². The van der Waals surface area contributed by atoms with Gasteiger partial charge in [-0.3, -0.25) is 4.79 Å². The molecule has 0 radical (unpaired) electrons. The Morgan fingerprint density at radius 1 is 1.42 bits per heavy atom. The number of carboxylic acids is 1. The van der Waals surface area contributed by atoms with Crippen molar-refractivity contribution in [1.29, 1.82) is 0 Å². The summed E-state index contributed by atoms with van der Waals surface area (Å²) in [6.45, 7) is 1.52. The average molecular weight is 193 g/mol. The molecule has 0 spiro atoms. The smallest absolute Gasteiger partial charge is 0.321 e. The Kier molecular flexibility index (Phi) is 5.72. The molecule has 0 bridgehead atoms. The molecule has 1 N–H and O–H groups in total. The third-order valence-corrected chi connectivity index (χ3v) is 1.91. The normalized spacial score (nSPS) is 12.5. The fourth-order valence-corrected chi connectivity index (χ4v) is 0.975. The largest absolute Gasteiger partial charge is 0.480 e. The third-order valence-electron chi connectivity index (χ3n) is 1.50. The first kappa shape index (κ1) is 11.4. The van der Waals surface area contributed by atoms with Gasteiger partial charge in [-0.15, -0.1) is 11.6 Å². The molecule has 4 heteroatoms. The number of carboxylic acid groups (broad SMARTS) is 1. The Hall–Kier alpha value is -0.570. The van der Waals surface area contributed by atoms with Gasteiger partial charge in [-0.1, -0.05) is 6.42 Å². The van der Waals surface area contributed by atoms with Crippen LogP contribution in [-0.2, 0) is 9.59 Å². The Morgan fingerprint density at radius 2 is 2.00 bits per heavy atom. The number of ketones is 1. The van der Waals surface area contributed by atoms with Gasteiger partial charge in [0.25, 0.3) is 0 Å². The lowest BCUT2D eigenvalue weighted by atomic mass is 10.1. The first-order valence-electron chi connectivity index (χ1n) is 3.90. The number of carbonyl (C=O) groups is 2. The van der Waals surface area contributed by atoms with Crippen LogP contribution in [0.3, 0.4) is 0 Å². The van der Waals surface area contributed by atoms with E-state index in [0.717, 1.165) is 6.42 Å². The molecule has 0 heterocycles. The van der Waals surface area contributed by atoms with Crippen LogP contribution in [0.2, 0.25) is 0 Å². The van der Waals surface area contributed by atoms with Gasteiger partial charge in [0, 0.05) is 6.42 Å². The maximum atomic E-state index is 10.5. The van der Waals surface area contributed by atoms with Gasteiger partial charge in [0.15, 0.2) is 0 Å². The zero-order valence-electron chi connectivity index (χ0n) is 7.05. The fourth-order valence-electron chi connectivity index (χ4n) is 0.821. The minimum absolute atomic E-state index is 0.136. The number of alkyl halides is 1. The summed E-state index contributed by atoms with van der Waals surface area (Å²) in [5, 5.41) is 7.58. The molecule has 0 aliphatic carbocycles. The molecule has 0 amide bonds. The Bertz CT molecular complexity index is 168. The highest BCUT2D eigenvalue weighted by Crippen LogP contribution is 2.09. The van der Waals surface area contributed by atoms with Crippen molar-refractivity contribution in [3.8, 4) is 0 Å². The summed E-state index contributed by atoms with van der Waals surface area (Å²) in [6, 6.07) is 0. The molecule has 0 fully saturated rings. The summed E-state index contributed by atoms with van der Waals surface area (Å²) in [6.07, 6.45) is 2.37. The average Bonchev–Trinajstić information content (AvgIpc) is 1.97. The molecule has 0 saturated heterocycles. The maximum absolute atomic E-state index is 10.5. The van der Waals surface area contributed by atoms with E-state index in [0.29, 0.717) is 19.3 Å². The van der Waals surface area contributed by atoms with E-state index < -0.39 is 11.3 Å². The number of carbonyl (C=O) groups excluding carboxylic acids is 1. The lowest BCUT2D eigenvalue weighted by Gasteiger charge is -2.01. The second-order valence-electron chi connectivity index (χ2n) is 2.75. The number of hydrogen-bond acceptors (Lipinski definition) is 2. The molecule has 0 aromatic heterocycles. The van der Waals surface area contributed by atoms with Crippen LogP contribution in [0.5, 0.6) is 0 Å². The van der Waals surface area contributed by atoms with Crippen LogP contribution in [0.1, 0.15) is 32.6 Å². The Morgan fingerprint density at radius 3 is 2.42 bits per heavy atom. The maximum Gasteiger partial charge on any atom is 0.321 e. The molecular formula is C8H13ClO3. The van der Waals surface area contributed by atoms with Gasteiger partial charge in [-0.25, -0.2) is 0 Å². The highest BCUT2D eigenvalue weighted by atomic mass is 35.5. The van der Waals surface area contributed by atoms with Crippen LogP contribution >= 0.6 is 11.6 Å². The number of aliphatic carboxylic acids is 1. The van der Waals surface area contributed by atoms with Crippen LogP contribution in [-0.4, -0.2) is 22.2 Å². The number of Topliss-reactive ketones (excluding diaryl/α,β-unsaturated/α-hetero) is 1. The topological polar surface area (TPSA) is 54.4 Å². The highest BCUT2D eigenvalue weighted by molar-refractivity contribution is 6.29. The van der Waals surface area contributed by atoms with Crippen molar-refractivity contribution in [1.82, 2.24) is 0 Å². The second-order valence-corrected chi connectivity index (χ2v) is 3.28. The molecule has 1 atom stereocenters. The van der Waals surface area contributed by atoms with Crippen molar-refractivity contribution in [3.63, 3.8) is 0 Å². The summed E-state index contributed by atoms with van der Waals surface area (Å²) in [4.78, 5) is 20.7. The van der Waals surface area contributed by atoms with E-state index in [1.54, 1.807) is 0 Å². The molecule has 12 heavy (non-hydrogen) atoms. The SMILES string of the molecule is CC(=O)CCCCC(Cl)C(=O)O. The van der Waals surface area contributed by atoms with E-state index in [4.69, 9.17) is 16.7 Å². The molecule has 0 aromatic rings. The van der Waals surface area contributed by atoms with Crippen LogP contribution < -0.4 is 0 Å². The van der Waals surface area contributed by atoms with Gasteiger partial charge in [0.05, 0.1) is 0 Å². The standard InChI is InChI=1S/C8H13ClO3/c1-6(10)4-2-3-5-7(9)8(11)12/h7H,2-5H2,1H3,(H,11,12).